The molecule has 1 fully saturated rings. The fourth-order valence-corrected chi connectivity index (χ4v) is 5.58. The van der Waals surface area contributed by atoms with Gasteiger partial charge >= 0.3 is 0 Å². The molecule has 1 aliphatic rings. The maximum Gasteiger partial charge on any atom is 0.258 e. The number of aromatic hydroxyl groups is 1. The van der Waals surface area contributed by atoms with Gasteiger partial charge in [-0.2, -0.15) is 0 Å². The van der Waals surface area contributed by atoms with E-state index >= 15 is 0 Å². The predicted molar refractivity (Wildman–Crippen MR) is 180 cm³/mol. The third-order valence-electron chi connectivity index (χ3n) is 8.45. The number of phenolic OH excluding ortho intramolecular Hbond substituents is 1. The van der Waals surface area contributed by atoms with Gasteiger partial charge in [-0.05, 0) is 113 Å². The maximum absolute atomic E-state index is 13.6. The summed E-state index contributed by atoms with van der Waals surface area (Å²) in [4.78, 5) is 44.7. The van der Waals surface area contributed by atoms with Crippen molar-refractivity contribution in [2.75, 3.05) is 58.2 Å². The molecule has 1 saturated heterocycles. The van der Waals surface area contributed by atoms with Gasteiger partial charge in [-0.3, -0.25) is 14.4 Å². The second kappa shape index (κ2) is 16.1. The number of carbonyl (C=O) groups is 3. The van der Waals surface area contributed by atoms with Crippen molar-refractivity contribution in [2.45, 2.75) is 51.5 Å². The van der Waals surface area contributed by atoms with Crippen molar-refractivity contribution < 1.29 is 29.0 Å². The highest BCUT2D eigenvalue weighted by Crippen LogP contribution is 2.32. The van der Waals surface area contributed by atoms with E-state index in [9.17, 15) is 19.5 Å². The molecular weight excluding hydrogens is 584 g/mol. The summed E-state index contributed by atoms with van der Waals surface area (Å²) in [7, 11) is 7.36. The zero-order chi connectivity index (χ0) is 33.2. The predicted octanol–water partition coefficient (Wildman–Crippen LogP) is 5.73. The van der Waals surface area contributed by atoms with Gasteiger partial charge < -0.3 is 34.6 Å². The standard InChI is InChI=1S/C36H46N4O6/c1-25-10-17-31(33(23-25)46-22-8-6-7-9-34(42)40-20-18-28(19-21-40)38(2)3)39(4)36(44)27-13-16-30(32(24-27)45-5)37-35(43)26-11-14-29(41)15-12-26/h10-17,23-24,28,41H,6-9,18-22H2,1-5H3,(H,37,43). The summed E-state index contributed by atoms with van der Waals surface area (Å²) in [6, 6.07) is 17.0. The zero-order valence-corrected chi connectivity index (χ0v) is 27.5. The molecule has 0 aromatic heterocycles. The van der Waals surface area contributed by atoms with E-state index in [0.717, 1.165) is 50.8 Å². The van der Waals surface area contributed by atoms with Crippen molar-refractivity contribution >= 4 is 29.1 Å². The molecule has 3 amide bonds. The summed E-state index contributed by atoms with van der Waals surface area (Å²) in [6.07, 6.45) is 5.12. The molecule has 4 rings (SSSR count). The first-order valence-electron chi connectivity index (χ1n) is 15.8. The lowest BCUT2D eigenvalue weighted by Gasteiger charge is -2.35. The fourth-order valence-electron chi connectivity index (χ4n) is 5.58. The van der Waals surface area contributed by atoms with Crippen LogP contribution in [0.15, 0.2) is 60.7 Å². The number of hydrogen-bond acceptors (Lipinski definition) is 7. The van der Waals surface area contributed by atoms with E-state index in [0.29, 0.717) is 53.1 Å². The van der Waals surface area contributed by atoms with Gasteiger partial charge in [0.25, 0.3) is 11.8 Å². The number of benzene rings is 3. The topological polar surface area (TPSA) is 112 Å². The smallest absolute Gasteiger partial charge is 0.258 e. The van der Waals surface area contributed by atoms with Crippen LogP contribution in [0.2, 0.25) is 0 Å². The van der Waals surface area contributed by atoms with Crippen LogP contribution < -0.4 is 19.7 Å². The molecule has 0 bridgehead atoms. The molecule has 0 aliphatic carbocycles. The molecule has 0 saturated carbocycles. The van der Waals surface area contributed by atoms with E-state index in [-0.39, 0.29) is 23.5 Å². The van der Waals surface area contributed by atoms with Crippen LogP contribution in [-0.2, 0) is 4.79 Å². The van der Waals surface area contributed by atoms with Crippen LogP contribution in [0.5, 0.6) is 17.2 Å². The van der Waals surface area contributed by atoms with Gasteiger partial charge in [0.1, 0.15) is 17.2 Å². The van der Waals surface area contributed by atoms with Crippen LogP contribution in [-0.4, -0.2) is 86.6 Å². The second-order valence-corrected chi connectivity index (χ2v) is 12.0. The van der Waals surface area contributed by atoms with Gasteiger partial charge in [0, 0.05) is 43.7 Å². The van der Waals surface area contributed by atoms with Crippen molar-refractivity contribution in [3.8, 4) is 17.2 Å². The first-order chi connectivity index (χ1) is 22.1. The minimum atomic E-state index is -0.372. The molecule has 10 nitrogen and oxygen atoms in total. The molecule has 46 heavy (non-hydrogen) atoms. The van der Waals surface area contributed by atoms with Crippen molar-refractivity contribution in [2.24, 2.45) is 0 Å². The van der Waals surface area contributed by atoms with E-state index in [1.807, 2.05) is 30.0 Å². The number of phenols is 1. The number of nitrogens with one attached hydrogen (secondary N) is 1. The Kier molecular flexibility index (Phi) is 12.0. The van der Waals surface area contributed by atoms with Gasteiger partial charge in [-0.15, -0.1) is 0 Å². The monoisotopic (exact) mass is 630 g/mol. The molecule has 1 heterocycles. The Morgan fingerprint density at radius 2 is 1.59 bits per heavy atom. The number of nitrogens with zero attached hydrogens (tertiary/aromatic N) is 3. The maximum atomic E-state index is 13.6. The quantitative estimate of drug-likeness (QED) is 0.232. The van der Waals surface area contributed by atoms with Crippen LogP contribution in [0.4, 0.5) is 11.4 Å². The molecule has 0 unspecified atom stereocenters. The Morgan fingerprint density at radius 1 is 0.891 bits per heavy atom. The highest BCUT2D eigenvalue weighted by atomic mass is 16.5. The summed E-state index contributed by atoms with van der Waals surface area (Å²) in [5.74, 6) is 0.616. The summed E-state index contributed by atoms with van der Waals surface area (Å²) in [5.41, 5.74) is 2.81. The number of anilines is 2. The number of carbonyl (C=O) groups excluding carboxylic acids is 3. The number of amides is 3. The summed E-state index contributed by atoms with van der Waals surface area (Å²) >= 11 is 0. The van der Waals surface area contributed by atoms with E-state index < -0.39 is 0 Å². The average molecular weight is 631 g/mol. The van der Waals surface area contributed by atoms with Crippen molar-refractivity contribution in [1.29, 1.82) is 0 Å². The Bertz CT molecular complexity index is 1500. The number of likely N-dealkylation sites (tertiary alicyclic amines) is 1. The SMILES string of the molecule is COc1cc(C(=O)N(C)c2ccc(C)cc2OCCCCCC(=O)N2CCC(N(C)C)CC2)ccc1NC(=O)c1ccc(O)cc1. The number of methoxy groups -OCH3 is 1. The molecular formula is C36H46N4O6. The van der Waals surface area contributed by atoms with Gasteiger partial charge in [0.2, 0.25) is 5.91 Å². The largest absolute Gasteiger partial charge is 0.508 e. The highest BCUT2D eigenvalue weighted by molar-refractivity contribution is 6.08. The number of piperidine rings is 1. The fraction of sp³-hybridized carbons (Fsp3) is 0.417. The van der Waals surface area contributed by atoms with Crippen LogP contribution in [0.3, 0.4) is 0 Å². The number of hydrogen-bond donors (Lipinski definition) is 2. The van der Waals surface area contributed by atoms with E-state index in [4.69, 9.17) is 9.47 Å². The lowest BCUT2D eigenvalue weighted by molar-refractivity contribution is -0.132. The Morgan fingerprint density at radius 3 is 2.26 bits per heavy atom. The summed E-state index contributed by atoms with van der Waals surface area (Å²) in [6.45, 7) is 4.12. The number of ether oxygens (including phenoxy) is 2. The van der Waals surface area contributed by atoms with E-state index in [1.54, 1.807) is 25.2 Å². The average Bonchev–Trinajstić information content (AvgIpc) is 3.06. The molecule has 246 valence electrons. The van der Waals surface area contributed by atoms with Crippen molar-refractivity contribution in [3.63, 3.8) is 0 Å². The number of unbranched alkanes of at least 4 members (excludes halogenated alkanes) is 2. The lowest BCUT2D eigenvalue weighted by Crippen LogP contribution is -2.44. The second-order valence-electron chi connectivity index (χ2n) is 12.0. The van der Waals surface area contributed by atoms with Crippen molar-refractivity contribution in [1.82, 2.24) is 9.80 Å². The minimum absolute atomic E-state index is 0.0678. The molecule has 2 N–H and O–H groups in total. The van der Waals surface area contributed by atoms with Crippen LogP contribution in [0, 0.1) is 6.92 Å². The third kappa shape index (κ3) is 9.00. The van der Waals surface area contributed by atoms with Crippen LogP contribution in [0.1, 0.15) is 64.8 Å². The Hall–Kier alpha value is -4.57. The number of aryl methyl sites for hydroxylation is 1. The number of rotatable bonds is 13. The molecule has 1 aliphatic heterocycles. The lowest BCUT2D eigenvalue weighted by atomic mass is 10.0. The first-order valence-corrected chi connectivity index (χ1v) is 15.8. The first kappa shape index (κ1) is 34.3. The van der Waals surface area contributed by atoms with Gasteiger partial charge in [0.05, 0.1) is 25.1 Å². The third-order valence-corrected chi connectivity index (χ3v) is 8.45. The van der Waals surface area contributed by atoms with Crippen LogP contribution in [0.25, 0.3) is 0 Å². The van der Waals surface area contributed by atoms with Gasteiger partial charge in [-0.1, -0.05) is 6.07 Å². The Labute approximate surface area is 271 Å². The van der Waals surface area contributed by atoms with Gasteiger partial charge in [0.15, 0.2) is 0 Å². The summed E-state index contributed by atoms with van der Waals surface area (Å²) < 4.78 is 11.6. The van der Waals surface area contributed by atoms with Crippen molar-refractivity contribution in [3.05, 3.63) is 77.4 Å². The minimum Gasteiger partial charge on any atom is -0.508 e. The van der Waals surface area contributed by atoms with E-state index in [2.05, 4.69) is 24.3 Å². The molecule has 0 atom stereocenters. The molecule has 10 heteroatoms. The molecule has 0 radical (unpaired) electrons. The molecule has 0 spiro atoms. The molecule has 3 aromatic rings. The highest BCUT2D eigenvalue weighted by Gasteiger charge is 2.24. The van der Waals surface area contributed by atoms with Crippen LogP contribution >= 0.6 is 0 Å². The normalized spacial score (nSPS) is 13.4. The zero-order valence-electron chi connectivity index (χ0n) is 27.5. The van der Waals surface area contributed by atoms with E-state index in [1.165, 1.54) is 36.3 Å². The Balaban J connectivity index is 1.31. The van der Waals surface area contributed by atoms with Gasteiger partial charge in [-0.25, -0.2) is 0 Å². The molecule has 3 aromatic carbocycles. The summed E-state index contributed by atoms with van der Waals surface area (Å²) in [5, 5.41) is 12.3.